The van der Waals surface area contributed by atoms with E-state index < -0.39 is 0 Å². The van der Waals surface area contributed by atoms with Crippen LogP contribution < -0.4 is 5.32 Å². The summed E-state index contributed by atoms with van der Waals surface area (Å²) in [5.74, 6) is 0. The van der Waals surface area contributed by atoms with E-state index in [-0.39, 0.29) is 0 Å². The summed E-state index contributed by atoms with van der Waals surface area (Å²) in [6.45, 7) is 5.88. The number of hydrogen-bond acceptors (Lipinski definition) is 4. The standard InChI is InChI=1S/C15H19N5S/c1-11-6-18-20(9-11)10-12(2)16-7-13-8-17-19-15(13)14-4-3-5-21-14/h3-6,8-9,12,16H,7,10H2,1-2H3,(H,17,19). The molecule has 0 aliphatic carbocycles. The number of hydrogen-bond donors (Lipinski definition) is 2. The second-order valence-corrected chi connectivity index (χ2v) is 6.22. The molecular weight excluding hydrogens is 282 g/mol. The van der Waals surface area contributed by atoms with Crippen molar-refractivity contribution in [1.82, 2.24) is 25.3 Å². The molecule has 0 aliphatic rings. The number of H-pyrrole nitrogens is 1. The number of rotatable bonds is 6. The van der Waals surface area contributed by atoms with E-state index in [2.05, 4.69) is 58.2 Å². The Morgan fingerprint density at radius 1 is 1.43 bits per heavy atom. The average Bonchev–Trinajstić information content (AvgIpc) is 3.16. The number of aryl methyl sites for hydroxylation is 1. The van der Waals surface area contributed by atoms with Gasteiger partial charge >= 0.3 is 0 Å². The van der Waals surface area contributed by atoms with Crippen LogP contribution in [0.1, 0.15) is 18.1 Å². The molecule has 5 nitrogen and oxygen atoms in total. The molecule has 21 heavy (non-hydrogen) atoms. The van der Waals surface area contributed by atoms with E-state index in [4.69, 9.17) is 0 Å². The predicted molar refractivity (Wildman–Crippen MR) is 85.2 cm³/mol. The molecule has 3 aromatic heterocycles. The largest absolute Gasteiger partial charge is 0.308 e. The lowest BCUT2D eigenvalue weighted by molar-refractivity contribution is 0.451. The predicted octanol–water partition coefficient (Wildman–Crippen LogP) is 2.82. The van der Waals surface area contributed by atoms with Gasteiger partial charge in [0.2, 0.25) is 0 Å². The van der Waals surface area contributed by atoms with Crippen molar-refractivity contribution in [3.05, 3.63) is 47.2 Å². The Hall–Kier alpha value is -1.92. The number of nitrogens with one attached hydrogen (secondary N) is 2. The summed E-state index contributed by atoms with van der Waals surface area (Å²) in [7, 11) is 0. The molecule has 3 heterocycles. The van der Waals surface area contributed by atoms with Crippen molar-refractivity contribution in [3.63, 3.8) is 0 Å². The van der Waals surface area contributed by atoms with E-state index in [0.717, 1.165) is 18.8 Å². The van der Waals surface area contributed by atoms with Gasteiger partial charge in [-0.15, -0.1) is 11.3 Å². The molecule has 110 valence electrons. The van der Waals surface area contributed by atoms with Crippen LogP contribution in [0.5, 0.6) is 0 Å². The first-order valence-electron chi connectivity index (χ1n) is 7.01. The Bertz CT molecular complexity index is 683. The molecule has 0 saturated heterocycles. The van der Waals surface area contributed by atoms with Gasteiger partial charge in [-0.25, -0.2) is 0 Å². The number of aromatic nitrogens is 4. The monoisotopic (exact) mass is 301 g/mol. The van der Waals surface area contributed by atoms with Crippen LogP contribution in [0.25, 0.3) is 10.6 Å². The van der Waals surface area contributed by atoms with Crippen LogP contribution in [0.2, 0.25) is 0 Å². The van der Waals surface area contributed by atoms with E-state index in [1.807, 2.05) is 17.1 Å². The minimum Gasteiger partial charge on any atom is -0.308 e. The van der Waals surface area contributed by atoms with Crippen LogP contribution >= 0.6 is 11.3 Å². The Morgan fingerprint density at radius 2 is 2.33 bits per heavy atom. The molecule has 3 aromatic rings. The van der Waals surface area contributed by atoms with Crippen molar-refractivity contribution in [3.8, 4) is 10.6 Å². The lowest BCUT2D eigenvalue weighted by atomic mass is 10.2. The van der Waals surface area contributed by atoms with Gasteiger partial charge in [-0.1, -0.05) is 6.07 Å². The van der Waals surface area contributed by atoms with E-state index in [0.29, 0.717) is 6.04 Å². The number of thiophene rings is 1. The Labute approximate surface area is 128 Å². The van der Waals surface area contributed by atoms with Crippen molar-refractivity contribution in [2.75, 3.05) is 0 Å². The highest BCUT2D eigenvalue weighted by molar-refractivity contribution is 7.13. The van der Waals surface area contributed by atoms with Gasteiger partial charge in [-0.05, 0) is 30.9 Å². The zero-order chi connectivity index (χ0) is 14.7. The maximum Gasteiger partial charge on any atom is 0.0794 e. The Morgan fingerprint density at radius 3 is 3.05 bits per heavy atom. The van der Waals surface area contributed by atoms with Crippen molar-refractivity contribution < 1.29 is 0 Å². The number of nitrogens with zero attached hydrogens (tertiary/aromatic N) is 3. The topological polar surface area (TPSA) is 58.5 Å². The summed E-state index contributed by atoms with van der Waals surface area (Å²) < 4.78 is 1.97. The van der Waals surface area contributed by atoms with E-state index in [9.17, 15) is 0 Å². The molecule has 0 amide bonds. The molecule has 1 unspecified atom stereocenters. The molecule has 2 N–H and O–H groups in total. The van der Waals surface area contributed by atoms with Crippen LogP contribution in [0.15, 0.2) is 36.1 Å². The second kappa shape index (κ2) is 6.24. The van der Waals surface area contributed by atoms with Crippen molar-refractivity contribution in [1.29, 1.82) is 0 Å². The van der Waals surface area contributed by atoms with Gasteiger partial charge in [0, 0.05) is 24.3 Å². The molecule has 0 saturated carbocycles. The highest BCUT2D eigenvalue weighted by Crippen LogP contribution is 2.25. The molecule has 6 heteroatoms. The molecule has 0 aliphatic heterocycles. The summed E-state index contributed by atoms with van der Waals surface area (Å²) in [6.07, 6.45) is 5.84. The summed E-state index contributed by atoms with van der Waals surface area (Å²) >= 11 is 1.72. The fourth-order valence-electron chi connectivity index (χ4n) is 2.28. The van der Waals surface area contributed by atoms with Gasteiger partial charge in [-0.2, -0.15) is 10.2 Å². The molecule has 1 atom stereocenters. The first-order valence-corrected chi connectivity index (χ1v) is 7.89. The molecular formula is C15H19N5S. The minimum absolute atomic E-state index is 0.343. The minimum atomic E-state index is 0.343. The maximum atomic E-state index is 4.32. The summed E-state index contributed by atoms with van der Waals surface area (Å²) in [6, 6.07) is 4.51. The van der Waals surface area contributed by atoms with Crippen LogP contribution in [0.3, 0.4) is 0 Å². The third-order valence-corrected chi connectivity index (χ3v) is 4.24. The molecule has 3 rings (SSSR count). The van der Waals surface area contributed by atoms with Crippen molar-refractivity contribution in [2.45, 2.75) is 33.0 Å². The Kier molecular flexibility index (Phi) is 4.17. The fraction of sp³-hybridized carbons (Fsp3) is 0.333. The highest BCUT2D eigenvalue weighted by atomic mass is 32.1. The highest BCUT2D eigenvalue weighted by Gasteiger charge is 2.10. The normalized spacial score (nSPS) is 12.7. The van der Waals surface area contributed by atoms with Gasteiger partial charge in [0.1, 0.15) is 0 Å². The Balaban J connectivity index is 1.59. The quantitative estimate of drug-likeness (QED) is 0.736. The summed E-state index contributed by atoms with van der Waals surface area (Å²) in [5, 5.41) is 17.2. The lowest BCUT2D eigenvalue weighted by Gasteiger charge is -2.13. The smallest absolute Gasteiger partial charge is 0.0794 e. The lowest BCUT2D eigenvalue weighted by Crippen LogP contribution is -2.30. The van der Waals surface area contributed by atoms with Crippen LogP contribution in [0, 0.1) is 6.92 Å². The van der Waals surface area contributed by atoms with Gasteiger partial charge in [-0.3, -0.25) is 9.78 Å². The van der Waals surface area contributed by atoms with Gasteiger partial charge in [0.25, 0.3) is 0 Å². The second-order valence-electron chi connectivity index (χ2n) is 5.27. The molecule has 0 fully saturated rings. The zero-order valence-electron chi connectivity index (χ0n) is 12.2. The van der Waals surface area contributed by atoms with Crippen LogP contribution in [0.4, 0.5) is 0 Å². The third-order valence-electron chi connectivity index (χ3n) is 3.35. The van der Waals surface area contributed by atoms with Gasteiger partial charge < -0.3 is 5.32 Å². The SMILES string of the molecule is Cc1cnn(CC(C)NCc2cn[nH]c2-c2cccs2)c1. The number of aromatic amines is 1. The van der Waals surface area contributed by atoms with Gasteiger partial charge in [0.15, 0.2) is 0 Å². The summed E-state index contributed by atoms with van der Waals surface area (Å²) in [4.78, 5) is 1.22. The molecule has 0 aromatic carbocycles. The van der Waals surface area contributed by atoms with E-state index in [1.54, 1.807) is 11.3 Å². The molecule has 0 bridgehead atoms. The first kappa shape index (κ1) is 14.0. The fourth-order valence-corrected chi connectivity index (χ4v) is 3.03. The van der Waals surface area contributed by atoms with Crippen molar-refractivity contribution >= 4 is 11.3 Å². The maximum absolute atomic E-state index is 4.32. The van der Waals surface area contributed by atoms with Crippen LogP contribution in [-0.4, -0.2) is 26.0 Å². The molecule has 0 radical (unpaired) electrons. The zero-order valence-corrected chi connectivity index (χ0v) is 13.0. The van der Waals surface area contributed by atoms with E-state index in [1.165, 1.54) is 16.0 Å². The van der Waals surface area contributed by atoms with Gasteiger partial charge in [0.05, 0.1) is 29.5 Å². The summed E-state index contributed by atoms with van der Waals surface area (Å²) in [5.41, 5.74) is 3.50. The molecule has 0 spiro atoms. The third kappa shape index (κ3) is 3.40. The van der Waals surface area contributed by atoms with Crippen LogP contribution in [-0.2, 0) is 13.1 Å². The van der Waals surface area contributed by atoms with E-state index >= 15 is 0 Å². The van der Waals surface area contributed by atoms with Crippen molar-refractivity contribution in [2.24, 2.45) is 0 Å². The first-order chi connectivity index (χ1) is 10.2. The average molecular weight is 301 g/mol.